The highest BCUT2D eigenvalue weighted by Crippen LogP contribution is 2.20. The lowest BCUT2D eigenvalue weighted by molar-refractivity contribution is 0.0769. The highest BCUT2D eigenvalue weighted by atomic mass is 16.3. The van der Waals surface area contributed by atoms with Crippen LogP contribution >= 0.6 is 0 Å². The third-order valence-electron chi connectivity index (χ3n) is 4.21. The van der Waals surface area contributed by atoms with Crippen molar-refractivity contribution >= 4 is 0 Å². The first kappa shape index (κ1) is 12.3. The molecule has 1 saturated carbocycles. The molecule has 2 aliphatic rings. The predicted octanol–water partition coefficient (Wildman–Crippen LogP) is 1.36. The minimum absolute atomic E-state index is 0.0991. The summed E-state index contributed by atoms with van der Waals surface area (Å²) in [4.78, 5) is 2.51. The molecule has 16 heavy (non-hydrogen) atoms. The van der Waals surface area contributed by atoms with Crippen LogP contribution in [0.1, 0.15) is 45.4 Å². The van der Waals surface area contributed by atoms with Crippen molar-refractivity contribution < 1.29 is 5.11 Å². The van der Waals surface area contributed by atoms with Gasteiger partial charge in [0.1, 0.15) is 0 Å². The maximum atomic E-state index is 9.92. The molecular weight excluding hydrogens is 200 g/mol. The molecule has 2 fully saturated rings. The van der Waals surface area contributed by atoms with Crippen molar-refractivity contribution in [3.05, 3.63) is 0 Å². The first-order valence-corrected chi connectivity index (χ1v) is 6.96. The maximum Gasteiger partial charge on any atom is 0.0693 e. The summed E-state index contributed by atoms with van der Waals surface area (Å²) in [5.41, 5.74) is 0. The number of likely N-dealkylation sites (tertiary alicyclic amines) is 1. The number of nitrogens with zero attached hydrogens (tertiary/aromatic N) is 1. The number of aliphatic hydroxyl groups excluding tert-OH is 1. The summed E-state index contributed by atoms with van der Waals surface area (Å²) in [6.07, 6.45) is 7.03. The van der Waals surface area contributed by atoms with E-state index in [9.17, 15) is 5.11 Å². The van der Waals surface area contributed by atoms with Gasteiger partial charge in [-0.2, -0.15) is 0 Å². The maximum absolute atomic E-state index is 9.92. The largest absolute Gasteiger partial charge is 0.392 e. The summed E-state index contributed by atoms with van der Waals surface area (Å²) < 4.78 is 0. The Balaban J connectivity index is 1.73. The van der Waals surface area contributed by atoms with Crippen molar-refractivity contribution in [1.82, 2.24) is 10.2 Å². The van der Waals surface area contributed by atoms with E-state index in [-0.39, 0.29) is 6.10 Å². The molecule has 0 radical (unpaired) electrons. The Bertz CT molecular complexity index is 202. The predicted molar refractivity (Wildman–Crippen MR) is 66.5 cm³/mol. The molecule has 3 nitrogen and oxygen atoms in total. The summed E-state index contributed by atoms with van der Waals surface area (Å²) in [5.74, 6) is 0. The summed E-state index contributed by atoms with van der Waals surface area (Å²) in [7, 11) is 0. The van der Waals surface area contributed by atoms with Crippen LogP contribution in [-0.4, -0.2) is 47.8 Å². The lowest BCUT2D eigenvalue weighted by atomic mass is 9.91. The fraction of sp³-hybridized carbons (Fsp3) is 1.00. The van der Waals surface area contributed by atoms with E-state index < -0.39 is 0 Å². The Labute approximate surface area is 99.2 Å². The number of hydrogen-bond donors (Lipinski definition) is 2. The molecule has 2 unspecified atom stereocenters. The van der Waals surface area contributed by atoms with E-state index in [0.717, 1.165) is 12.8 Å². The van der Waals surface area contributed by atoms with E-state index >= 15 is 0 Å². The number of hydrogen-bond acceptors (Lipinski definition) is 3. The molecule has 2 N–H and O–H groups in total. The smallest absolute Gasteiger partial charge is 0.0693 e. The van der Waals surface area contributed by atoms with Gasteiger partial charge in [-0.05, 0) is 45.3 Å². The topological polar surface area (TPSA) is 35.5 Å². The van der Waals surface area contributed by atoms with Crippen LogP contribution in [0.3, 0.4) is 0 Å². The van der Waals surface area contributed by atoms with Gasteiger partial charge in [-0.1, -0.05) is 19.8 Å². The Morgan fingerprint density at radius 3 is 2.44 bits per heavy atom. The van der Waals surface area contributed by atoms with Crippen LogP contribution in [-0.2, 0) is 0 Å². The van der Waals surface area contributed by atoms with Crippen LogP contribution in [0.4, 0.5) is 0 Å². The van der Waals surface area contributed by atoms with Gasteiger partial charge in [0.05, 0.1) is 6.10 Å². The molecule has 0 spiro atoms. The quantitative estimate of drug-likeness (QED) is 0.763. The van der Waals surface area contributed by atoms with Gasteiger partial charge in [-0.3, -0.25) is 0 Å². The van der Waals surface area contributed by atoms with E-state index in [1.807, 2.05) is 0 Å². The van der Waals surface area contributed by atoms with Crippen LogP contribution in [0.15, 0.2) is 0 Å². The molecule has 1 heterocycles. The Morgan fingerprint density at radius 2 is 1.81 bits per heavy atom. The number of nitrogens with one attached hydrogen (secondary N) is 1. The summed E-state index contributed by atoms with van der Waals surface area (Å²) in [6, 6.07) is 1.01. The zero-order chi connectivity index (χ0) is 11.4. The molecule has 1 saturated heterocycles. The van der Waals surface area contributed by atoms with E-state index in [1.54, 1.807) is 0 Å². The van der Waals surface area contributed by atoms with Crippen molar-refractivity contribution in [2.24, 2.45) is 0 Å². The highest BCUT2D eigenvalue weighted by molar-refractivity contribution is 4.86. The number of rotatable bonds is 3. The van der Waals surface area contributed by atoms with Gasteiger partial charge in [-0.25, -0.2) is 0 Å². The Hall–Kier alpha value is -0.120. The summed E-state index contributed by atoms with van der Waals surface area (Å²) in [5, 5.41) is 13.6. The van der Waals surface area contributed by atoms with Gasteiger partial charge in [0.2, 0.25) is 0 Å². The minimum Gasteiger partial charge on any atom is -0.392 e. The first-order valence-electron chi connectivity index (χ1n) is 6.96. The second-order valence-electron chi connectivity index (χ2n) is 5.33. The number of aliphatic hydroxyl groups is 1. The standard InChI is InChI=1S/C13H26N2O/c1-2-15-9-7-11(8-10-15)14-12-5-3-4-6-13(12)16/h11-14,16H,2-10H2,1H3. The molecule has 1 aliphatic carbocycles. The Morgan fingerprint density at radius 1 is 1.12 bits per heavy atom. The van der Waals surface area contributed by atoms with Crippen LogP contribution in [0.2, 0.25) is 0 Å². The third-order valence-corrected chi connectivity index (χ3v) is 4.21. The molecule has 0 aromatic rings. The molecule has 3 heteroatoms. The van der Waals surface area contributed by atoms with E-state index in [0.29, 0.717) is 12.1 Å². The fourth-order valence-electron chi connectivity index (χ4n) is 3.02. The zero-order valence-electron chi connectivity index (χ0n) is 10.5. The van der Waals surface area contributed by atoms with Crippen molar-refractivity contribution in [1.29, 1.82) is 0 Å². The monoisotopic (exact) mass is 226 g/mol. The molecular formula is C13H26N2O. The first-order chi connectivity index (χ1) is 7.79. The van der Waals surface area contributed by atoms with E-state index in [2.05, 4.69) is 17.1 Å². The van der Waals surface area contributed by atoms with Gasteiger partial charge in [0.15, 0.2) is 0 Å². The lowest BCUT2D eigenvalue weighted by Crippen LogP contribution is -2.50. The fourth-order valence-corrected chi connectivity index (χ4v) is 3.02. The average Bonchev–Trinajstić information content (AvgIpc) is 2.33. The zero-order valence-corrected chi connectivity index (χ0v) is 10.5. The third kappa shape index (κ3) is 3.19. The normalized spacial score (nSPS) is 34.1. The molecule has 0 aromatic heterocycles. The second kappa shape index (κ2) is 5.99. The van der Waals surface area contributed by atoms with Crippen LogP contribution in [0.5, 0.6) is 0 Å². The van der Waals surface area contributed by atoms with Crippen molar-refractivity contribution in [2.75, 3.05) is 19.6 Å². The molecule has 94 valence electrons. The van der Waals surface area contributed by atoms with Crippen molar-refractivity contribution in [3.8, 4) is 0 Å². The molecule has 2 atom stereocenters. The van der Waals surface area contributed by atoms with Gasteiger partial charge in [-0.15, -0.1) is 0 Å². The molecule has 0 bridgehead atoms. The second-order valence-corrected chi connectivity index (χ2v) is 5.33. The Kier molecular flexibility index (Phi) is 4.62. The van der Waals surface area contributed by atoms with E-state index in [4.69, 9.17) is 0 Å². The van der Waals surface area contributed by atoms with Gasteiger partial charge in [0, 0.05) is 12.1 Å². The molecule has 1 aliphatic heterocycles. The summed E-state index contributed by atoms with van der Waals surface area (Å²) in [6.45, 7) is 5.85. The van der Waals surface area contributed by atoms with Gasteiger partial charge >= 0.3 is 0 Å². The molecule has 0 aromatic carbocycles. The lowest BCUT2D eigenvalue weighted by Gasteiger charge is -2.36. The van der Waals surface area contributed by atoms with Crippen molar-refractivity contribution in [2.45, 2.75) is 63.6 Å². The van der Waals surface area contributed by atoms with Gasteiger partial charge < -0.3 is 15.3 Å². The van der Waals surface area contributed by atoms with Crippen LogP contribution in [0.25, 0.3) is 0 Å². The highest BCUT2D eigenvalue weighted by Gasteiger charge is 2.26. The molecule has 0 amide bonds. The molecule has 2 rings (SSSR count). The van der Waals surface area contributed by atoms with Crippen LogP contribution < -0.4 is 5.32 Å². The average molecular weight is 226 g/mol. The number of piperidine rings is 1. The van der Waals surface area contributed by atoms with Crippen molar-refractivity contribution in [3.63, 3.8) is 0 Å². The SMILES string of the molecule is CCN1CCC(NC2CCCCC2O)CC1. The minimum atomic E-state index is -0.0991. The van der Waals surface area contributed by atoms with Gasteiger partial charge in [0.25, 0.3) is 0 Å². The summed E-state index contributed by atoms with van der Waals surface area (Å²) >= 11 is 0. The van der Waals surface area contributed by atoms with E-state index in [1.165, 1.54) is 45.3 Å². The van der Waals surface area contributed by atoms with Crippen LogP contribution in [0, 0.1) is 0 Å².